The average Bonchev–Trinajstić information content (AvgIpc) is 2.90. The minimum absolute atomic E-state index is 0.0239. The van der Waals surface area contributed by atoms with Gasteiger partial charge in [-0.25, -0.2) is 0 Å². The Morgan fingerprint density at radius 2 is 2.05 bits per heavy atom. The number of aliphatic hydroxyl groups excluding tert-OH is 1. The topological polar surface area (TPSA) is 58.9 Å². The van der Waals surface area contributed by atoms with Gasteiger partial charge in [-0.3, -0.25) is 0 Å². The largest absolute Gasteiger partial charge is 0.507 e. The maximum atomic E-state index is 10.4. The smallest absolute Gasteiger partial charge is 0.129 e. The van der Waals surface area contributed by atoms with Crippen molar-refractivity contribution < 1.29 is 19.7 Å². The third-order valence-corrected chi connectivity index (χ3v) is 3.60. The fraction of sp³-hybridized carbons (Fsp3) is 0.467. The van der Waals surface area contributed by atoms with Crippen molar-refractivity contribution in [2.45, 2.75) is 33.5 Å². The van der Waals surface area contributed by atoms with E-state index in [1.165, 1.54) is 0 Å². The van der Waals surface area contributed by atoms with Gasteiger partial charge in [-0.15, -0.1) is 0 Å². The maximum absolute atomic E-state index is 10.4. The summed E-state index contributed by atoms with van der Waals surface area (Å²) in [5, 5.41) is 19.4. The van der Waals surface area contributed by atoms with Crippen molar-refractivity contribution >= 4 is 0 Å². The molecule has 0 radical (unpaired) electrons. The van der Waals surface area contributed by atoms with E-state index < -0.39 is 0 Å². The van der Waals surface area contributed by atoms with Crippen LogP contribution in [0.5, 0.6) is 11.5 Å². The Hall–Kier alpha value is -1.52. The van der Waals surface area contributed by atoms with Crippen LogP contribution in [0.3, 0.4) is 0 Å². The minimum atomic E-state index is 0.0239. The van der Waals surface area contributed by atoms with Crippen LogP contribution in [0.15, 0.2) is 11.6 Å². The van der Waals surface area contributed by atoms with Gasteiger partial charge in [0.25, 0.3) is 0 Å². The number of benzene rings is 1. The Balaban J connectivity index is 2.50. The van der Waals surface area contributed by atoms with Crippen LogP contribution in [-0.4, -0.2) is 23.9 Å². The zero-order chi connectivity index (χ0) is 14.0. The van der Waals surface area contributed by atoms with Gasteiger partial charge >= 0.3 is 0 Å². The molecule has 1 heterocycles. The first-order chi connectivity index (χ1) is 9.10. The molecule has 0 aliphatic carbocycles. The van der Waals surface area contributed by atoms with E-state index in [0.29, 0.717) is 25.4 Å². The number of hydrogen-bond acceptors (Lipinski definition) is 4. The standard InChI is InChI=1S/C15H20O4/c1-9(6-16)4-5-11-14(17)13-8-19-7-12(13)10(2)15(11)18-3/h4,16-17H,5-8H2,1-3H3/b9-4+. The fourth-order valence-corrected chi connectivity index (χ4v) is 2.43. The molecule has 4 nitrogen and oxygen atoms in total. The minimum Gasteiger partial charge on any atom is -0.507 e. The molecule has 0 amide bonds. The molecule has 0 aromatic heterocycles. The summed E-state index contributed by atoms with van der Waals surface area (Å²) in [4.78, 5) is 0. The van der Waals surface area contributed by atoms with Gasteiger partial charge in [0.1, 0.15) is 11.5 Å². The van der Waals surface area contributed by atoms with E-state index in [1.807, 2.05) is 19.9 Å². The summed E-state index contributed by atoms with van der Waals surface area (Å²) in [6.07, 6.45) is 2.44. The molecule has 1 aliphatic heterocycles. The highest BCUT2D eigenvalue weighted by Gasteiger charge is 2.25. The highest BCUT2D eigenvalue weighted by atomic mass is 16.5. The Kier molecular flexibility index (Phi) is 4.12. The van der Waals surface area contributed by atoms with Crippen LogP contribution in [0.25, 0.3) is 0 Å². The molecular formula is C15H20O4. The molecule has 0 saturated carbocycles. The quantitative estimate of drug-likeness (QED) is 0.819. The third kappa shape index (κ3) is 2.46. The van der Waals surface area contributed by atoms with Crippen LogP contribution in [0.2, 0.25) is 0 Å². The van der Waals surface area contributed by atoms with Gasteiger partial charge in [0.2, 0.25) is 0 Å². The Morgan fingerprint density at radius 1 is 1.37 bits per heavy atom. The van der Waals surface area contributed by atoms with Crippen LogP contribution >= 0.6 is 0 Å². The van der Waals surface area contributed by atoms with E-state index in [-0.39, 0.29) is 12.4 Å². The van der Waals surface area contributed by atoms with Crippen LogP contribution < -0.4 is 4.74 Å². The molecule has 1 aliphatic rings. The lowest BCUT2D eigenvalue weighted by Crippen LogP contribution is -2.01. The second-order valence-electron chi connectivity index (χ2n) is 4.85. The first kappa shape index (κ1) is 13.9. The molecule has 2 rings (SSSR count). The van der Waals surface area contributed by atoms with Crippen LogP contribution in [0.1, 0.15) is 29.2 Å². The Morgan fingerprint density at radius 3 is 2.68 bits per heavy atom. The van der Waals surface area contributed by atoms with Gasteiger partial charge in [0, 0.05) is 11.1 Å². The number of hydrogen-bond donors (Lipinski definition) is 2. The molecule has 0 atom stereocenters. The lowest BCUT2D eigenvalue weighted by atomic mass is 9.95. The van der Waals surface area contributed by atoms with E-state index in [2.05, 4.69) is 0 Å². The molecule has 1 aromatic carbocycles. The molecule has 104 valence electrons. The lowest BCUT2D eigenvalue weighted by Gasteiger charge is -2.16. The number of methoxy groups -OCH3 is 1. The zero-order valence-corrected chi connectivity index (χ0v) is 11.6. The van der Waals surface area contributed by atoms with Gasteiger partial charge in [0.05, 0.1) is 26.9 Å². The first-order valence-electron chi connectivity index (χ1n) is 6.34. The summed E-state index contributed by atoms with van der Waals surface area (Å²) < 4.78 is 10.8. The second-order valence-corrected chi connectivity index (χ2v) is 4.85. The van der Waals surface area contributed by atoms with Crippen molar-refractivity contribution in [1.82, 2.24) is 0 Å². The fourth-order valence-electron chi connectivity index (χ4n) is 2.43. The molecule has 4 heteroatoms. The molecule has 0 bridgehead atoms. The summed E-state index contributed by atoms with van der Waals surface area (Å²) in [6, 6.07) is 0. The molecule has 1 aromatic rings. The van der Waals surface area contributed by atoms with Crippen molar-refractivity contribution in [3.05, 3.63) is 33.9 Å². The Labute approximate surface area is 113 Å². The van der Waals surface area contributed by atoms with Gasteiger partial charge < -0.3 is 19.7 Å². The number of allylic oxidation sites excluding steroid dienone is 1. The summed E-state index contributed by atoms with van der Waals surface area (Å²) in [5.41, 5.74) is 4.55. The number of phenols is 1. The normalized spacial score (nSPS) is 14.6. The molecule has 2 N–H and O–H groups in total. The van der Waals surface area contributed by atoms with Crippen molar-refractivity contribution in [2.75, 3.05) is 13.7 Å². The molecule has 19 heavy (non-hydrogen) atoms. The predicted molar refractivity (Wildman–Crippen MR) is 72.4 cm³/mol. The van der Waals surface area contributed by atoms with E-state index in [1.54, 1.807) is 7.11 Å². The summed E-state index contributed by atoms with van der Waals surface area (Å²) in [5.74, 6) is 0.973. The summed E-state index contributed by atoms with van der Waals surface area (Å²) in [7, 11) is 1.61. The van der Waals surface area contributed by atoms with Crippen molar-refractivity contribution in [1.29, 1.82) is 0 Å². The highest BCUT2D eigenvalue weighted by molar-refractivity contribution is 5.59. The number of aliphatic hydroxyl groups is 1. The SMILES string of the molecule is COc1c(C)c2c(c(O)c1C/C=C(\C)CO)COC2. The van der Waals surface area contributed by atoms with Gasteiger partial charge in [-0.2, -0.15) is 0 Å². The molecule has 0 spiro atoms. The number of rotatable bonds is 4. The number of phenolic OH excluding ortho intramolecular Hbond substituents is 1. The van der Waals surface area contributed by atoms with Crippen molar-refractivity contribution in [3.63, 3.8) is 0 Å². The van der Waals surface area contributed by atoms with Crippen LogP contribution in [0, 0.1) is 6.92 Å². The second kappa shape index (κ2) is 5.63. The Bertz CT molecular complexity index is 518. The van der Waals surface area contributed by atoms with Gasteiger partial charge in [-0.05, 0) is 31.4 Å². The van der Waals surface area contributed by atoms with E-state index in [9.17, 15) is 5.11 Å². The van der Waals surface area contributed by atoms with Gasteiger partial charge in [0.15, 0.2) is 0 Å². The third-order valence-electron chi connectivity index (χ3n) is 3.60. The monoisotopic (exact) mass is 264 g/mol. The predicted octanol–water partition coefficient (Wildman–Crippen LogP) is 2.22. The first-order valence-corrected chi connectivity index (χ1v) is 6.34. The summed E-state index contributed by atoms with van der Waals surface area (Å²) in [6.45, 7) is 4.83. The van der Waals surface area contributed by atoms with E-state index in [0.717, 1.165) is 27.8 Å². The number of aromatic hydroxyl groups is 1. The number of ether oxygens (including phenoxy) is 2. The maximum Gasteiger partial charge on any atom is 0.129 e. The zero-order valence-electron chi connectivity index (χ0n) is 11.6. The lowest BCUT2D eigenvalue weighted by molar-refractivity contribution is 0.133. The van der Waals surface area contributed by atoms with Crippen LogP contribution in [0.4, 0.5) is 0 Å². The highest BCUT2D eigenvalue weighted by Crippen LogP contribution is 2.41. The molecular weight excluding hydrogens is 244 g/mol. The molecule has 0 unspecified atom stereocenters. The molecule has 0 fully saturated rings. The van der Waals surface area contributed by atoms with Crippen LogP contribution in [-0.2, 0) is 24.4 Å². The average molecular weight is 264 g/mol. The summed E-state index contributed by atoms with van der Waals surface area (Å²) >= 11 is 0. The number of fused-ring (bicyclic) bond motifs is 1. The van der Waals surface area contributed by atoms with E-state index >= 15 is 0 Å². The van der Waals surface area contributed by atoms with Gasteiger partial charge in [-0.1, -0.05) is 11.6 Å². The van der Waals surface area contributed by atoms with Crippen molar-refractivity contribution in [3.8, 4) is 11.5 Å². The van der Waals surface area contributed by atoms with E-state index in [4.69, 9.17) is 14.6 Å². The molecule has 0 saturated heterocycles. The van der Waals surface area contributed by atoms with Crippen molar-refractivity contribution in [2.24, 2.45) is 0 Å².